The molecular formula is C18H24N2O5. The predicted octanol–water partition coefficient (Wildman–Crippen LogP) is 2.15. The van der Waals surface area contributed by atoms with Crippen LogP contribution in [0.2, 0.25) is 0 Å². The summed E-state index contributed by atoms with van der Waals surface area (Å²) in [5, 5.41) is 3.03. The van der Waals surface area contributed by atoms with Crippen molar-refractivity contribution in [2.24, 2.45) is 5.92 Å². The van der Waals surface area contributed by atoms with Crippen LogP contribution in [0.3, 0.4) is 0 Å². The molecule has 136 valence electrons. The van der Waals surface area contributed by atoms with E-state index in [9.17, 15) is 4.79 Å². The van der Waals surface area contributed by atoms with Gasteiger partial charge in [0.1, 0.15) is 12.3 Å². The topological polar surface area (TPSA) is 78.9 Å². The summed E-state index contributed by atoms with van der Waals surface area (Å²) < 4.78 is 21.3. The van der Waals surface area contributed by atoms with E-state index < -0.39 is 11.6 Å². The zero-order valence-electron chi connectivity index (χ0n) is 15.0. The summed E-state index contributed by atoms with van der Waals surface area (Å²) in [5.74, 6) is 0.634. The van der Waals surface area contributed by atoms with E-state index >= 15 is 0 Å². The summed E-state index contributed by atoms with van der Waals surface area (Å²) in [5.41, 5.74) is 2.28. The number of aromatic nitrogens is 1. The smallest absolute Gasteiger partial charge is 0.407 e. The second-order valence-corrected chi connectivity index (χ2v) is 6.49. The van der Waals surface area contributed by atoms with Crippen LogP contribution in [0.25, 0.3) is 0 Å². The Morgan fingerprint density at radius 3 is 2.84 bits per heavy atom. The second-order valence-electron chi connectivity index (χ2n) is 6.49. The van der Waals surface area contributed by atoms with Gasteiger partial charge < -0.3 is 24.3 Å². The molecule has 2 aliphatic carbocycles. The molecule has 0 spiro atoms. The van der Waals surface area contributed by atoms with Gasteiger partial charge in [0.15, 0.2) is 0 Å². The van der Waals surface area contributed by atoms with E-state index in [0.29, 0.717) is 18.7 Å². The first kappa shape index (κ1) is 17.7. The molecule has 3 unspecified atom stereocenters. The maximum atomic E-state index is 12.1. The van der Waals surface area contributed by atoms with Gasteiger partial charge in [-0.2, -0.15) is 0 Å². The van der Waals surface area contributed by atoms with Gasteiger partial charge >= 0.3 is 6.09 Å². The van der Waals surface area contributed by atoms with Gasteiger partial charge in [-0.3, -0.25) is 0 Å². The van der Waals surface area contributed by atoms with Crippen molar-refractivity contribution < 1.29 is 23.7 Å². The molecule has 3 atom stereocenters. The van der Waals surface area contributed by atoms with Gasteiger partial charge in [-0.1, -0.05) is 11.6 Å². The molecule has 7 nitrogen and oxygen atoms in total. The van der Waals surface area contributed by atoms with Crippen molar-refractivity contribution >= 4 is 6.09 Å². The third-order valence-electron chi connectivity index (χ3n) is 4.87. The summed E-state index contributed by atoms with van der Waals surface area (Å²) in [6.07, 6.45) is 2.76. The Labute approximate surface area is 147 Å². The Balaban J connectivity index is 2.12. The van der Waals surface area contributed by atoms with Crippen LogP contribution in [0.5, 0.6) is 5.88 Å². The molecule has 2 bridgehead atoms. The summed E-state index contributed by atoms with van der Waals surface area (Å²) in [6, 6.07) is 3.76. The molecule has 1 aromatic rings. The van der Waals surface area contributed by atoms with Crippen molar-refractivity contribution in [1.29, 1.82) is 0 Å². The zero-order valence-corrected chi connectivity index (χ0v) is 15.0. The minimum absolute atomic E-state index is 0.0770. The fourth-order valence-corrected chi connectivity index (χ4v) is 4.04. The average molecular weight is 348 g/mol. The molecule has 1 N–H and O–H groups in total. The number of hydrogen-bond acceptors (Lipinski definition) is 6. The number of methoxy groups -OCH3 is 3. The standard InChI is InChI=1S/C18H24N2O5/c1-11-7-12-8-14-13(5-6-15(19-14)23-3)18(9-11,20-17(21)24-4)16(12)25-10-22-2/h5-7,12,16H,8-10H2,1-4H3,(H,20,21). The van der Waals surface area contributed by atoms with Crippen molar-refractivity contribution in [1.82, 2.24) is 10.3 Å². The molecule has 0 saturated carbocycles. The molecule has 2 aliphatic rings. The van der Waals surface area contributed by atoms with Gasteiger partial charge in [0, 0.05) is 24.7 Å². The lowest BCUT2D eigenvalue weighted by Gasteiger charge is -2.50. The van der Waals surface area contributed by atoms with Crippen molar-refractivity contribution in [2.75, 3.05) is 28.1 Å². The highest BCUT2D eigenvalue weighted by atomic mass is 16.7. The molecule has 0 aliphatic heterocycles. The van der Waals surface area contributed by atoms with Crippen molar-refractivity contribution in [2.45, 2.75) is 31.4 Å². The lowest BCUT2D eigenvalue weighted by atomic mass is 9.64. The van der Waals surface area contributed by atoms with Crippen LogP contribution in [0, 0.1) is 5.92 Å². The number of alkyl carbamates (subject to hydrolysis) is 1. The maximum Gasteiger partial charge on any atom is 0.407 e. The molecule has 0 saturated heterocycles. The van der Waals surface area contributed by atoms with Crippen LogP contribution < -0.4 is 10.1 Å². The van der Waals surface area contributed by atoms with Gasteiger partial charge in [0.2, 0.25) is 5.88 Å². The average Bonchev–Trinajstić information content (AvgIpc) is 2.59. The van der Waals surface area contributed by atoms with Crippen LogP contribution >= 0.6 is 0 Å². The number of carbonyl (C=O) groups is 1. The van der Waals surface area contributed by atoms with E-state index in [4.69, 9.17) is 18.9 Å². The molecule has 0 radical (unpaired) electrons. The van der Waals surface area contributed by atoms with Gasteiger partial charge in [0.25, 0.3) is 0 Å². The monoisotopic (exact) mass is 348 g/mol. The van der Waals surface area contributed by atoms with E-state index in [2.05, 4.69) is 23.3 Å². The fourth-order valence-electron chi connectivity index (χ4n) is 4.04. The van der Waals surface area contributed by atoms with Crippen molar-refractivity contribution in [3.8, 4) is 5.88 Å². The van der Waals surface area contributed by atoms with Crippen LogP contribution in [0.15, 0.2) is 23.8 Å². The highest BCUT2D eigenvalue weighted by molar-refractivity contribution is 5.69. The van der Waals surface area contributed by atoms with E-state index in [0.717, 1.165) is 11.3 Å². The maximum absolute atomic E-state index is 12.1. The predicted molar refractivity (Wildman–Crippen MR) is 90.3 cm³/mol. The summed E-state index contributed by atoms with van der Waals surface area (Å²) >= 11 is 0. The normalized spacial score (nSPS) is 27.1. The van der Waals surface area contributed by atoms with E-state index in [1.165, 1.54) is 12.7 Å². The summed E-state index contributed by atoms with van der Waals surface area (Å²) in [7, 11) is 4.53. The lowest BCUT2D eigenvalue weighted by Crippen LogP contribution is -2.61. The van der Waals surface area contributed by atoms with E-state index in [1.807, 2.05) is 6.07 Å². The largest absolute Gasteiger partial charge is 0.481 e. The summed E-state index contributed by atoms with van der Waals surface area (Å²) in [4.78, 5) is 16.8. The first-order valence-electron chi connectivity index (χ1n) is 8.22. The molecule has 7 heteroatoms. The first-order chi connectivity index (χ1) is 12.0. The first-order valence-corrected chi connectivity index (χ1v) is 8.22. The molecule has 1 heterocycles. The summed E-state index contributed by atoms with van der Waals surface area (Å²) in [6.45, 7) is 2.22. The molecule has 0 fully saturated rings. The van der Waals surface area contributed by atoms with Crippen LogP contribution in [0.1, 0.15) is 24.6 Å². The third kappa shape index (κ3) is 3.09. The SMILES string of the molecule is COCOC1C2C=C(C)CC1(NC(=O)OC)c1ccc(OC)nc1C2. The third-order valence-corrected chi connectivity index (χ3v) is 4.87. The van der Waals surface area contributed by atoms with Crippen molar-refractivity contribution in [3.63, 3.8) is 0 Å². The fraction of sp³-hybridized carbons (Fsp3) is 0.556. The molecule has 25 heavy (non-hydrogen) atoms. The number of ether oxygens (including phenoxy) is 4. The quantitative estimate of drug-likeness (QED) is 0.649. The number of amides is 1. The number of nitrogens with one attached hydrogen (secondary N) is 1. The number of pyridine rings is 1. The van der Waals surface area contributed by atoms with Gasteiger partial charge in [-0.05, 0) is 25.8 Å². The number of hydrogen-bond donors (Lipinski definition) is 1. The Bertz CT molecular complexity index is 690. The number of nitrogens with zero attached hydrogens (tertiary/aromatic N) is 1. The lowest BCUT2D eigenvalue weighted by molar-refractivity contribution is -0.127. The zero-order chi connectivity index (χ0) is 18.0. The van der Waals surface area contributed by atoms with E-state index in [-0.39, 0.29) is 18.8 Å². The van der Waals surface area contributed by atoms with Gasteiger partial charge in [-0.15, -0.1) is 0 Å². The van der Waals surface area contributed by atoms with E-state index in [1.54, 1.807) is 20.3 Å². The molecule has 1 aromatic heterocycles. The van der Waals surface area contributed by atoms with Crippen LogP contribution in [-0.4, -0.2) is 45.3 Å². The Hall–Kier alpha value is -2.12. The molecular weight excluding hydrogens is 324 g/mol. The van der Waals surface area contributed by atoms with Crippen LogP contribution in [-0.2, 0) is 26.2 Å². The highest BCUT2D eigenvalue weighted by Gasteiger charge is 2.53. The Kier molecular flexibility index (Phi) is 4.96. The van der Waals surface area contributed by atoms with Crippen LogP contribution in [0.4, 0.5) is 4.79 Å². The number of carbonyl (C=O) groups excluding carboxylic acids is 1. The number of fused-ring (bicyclic) bond motifs is 4. The van der Waals surface area contributed by atoms with Gasteiger partial charge in [0.05, 0.1) is 26.0 Å². The molecule has 0 aromatic carbocycles. The van der Waals surface area contributed by atoms with Gasteiger partial charge in [-0.25, -0.2) is 9.78 Å². The second kappa shape index (κ2) is 7.01. The number of rotatable bonds is 5. The molecule has 3 rings (SSSR count). The van der Waals surface area contributed by atoms with Crippen molar-refractivity contribution in [3.05, 3.63) is 35.0 Å². The highest BCUT2D eigenvalue weighted by Crippen LogP contribution is 2.48. The minimum Gasteiger partial charge on any atom is -0.481 e. The Morgan fingerprint density at radius 1 is 1.36 bits per heavy atom. The Morgan fingerprint density at radius 2 is 2.16 bits per heavy atom. The minimum atomic E-state index is -0.748. The molecule has 1 amide bonds.